The van der Waals surface area contributed by atoms with E-state index < -0.39 is 44.7 Å². The minimum absolute atomic E-state index is 0.0972. The van der Waals surface area contributed by atoms with Gasteiger partial charge in [-0.05, 0) is 66.6 Å². The minimum Gasteiger partial charge on any atom is -0.497 e. The highest BCUT2D eigenvalue weighted by atomic mass is 19.4. The summed E-state index contributed by atoms with van der Waals surface area (Å²) in [6.45, 7) is -3.12. The molecule has 4 aromatic carbocycles. The van der Waals surface area contributed by atoms with Gasteiger partial charge in [-0.3, -0.25) is 0 Å². The van der Waals surface area contributed by atoms with Crippen molar-refractivity contribution in [2.24, 2.45) is 4.99 Å². The van der Waals surface area contributed by atoms with Crippen molar-refractivity contribution in [3.8, 4) is 33.9 Å². The van der Waals surface area contributed by atoms with E-state index in [1.54, 1.807) is 48.5 Å². The van der Waals surface area contributed by atoms with Crippen molar-refractivity contribution in [3.05, 3.63) is 131 Å². The molecule has 0 spiro atoms. The van der Waals surface area contributed by atoms with Gasteiger partial charge in [0.05, 0.1) is 25.6 Å². The van der Waals surface area contributed by atoms with Crippen LogP contribution < -0.4 is 9.47 Å². The first kappa shape index (κ1) is 41.1. The number of benzene rings is 4. The SMILES string of the molecule is COc1ccc(-c2cc(-c3ccc(OC)cc3)n(B(OCC(F)(F)C(F)(F)F)OCC(F)(F)C(F)(F)F)c2/C=C2\N=C(c3ccc(C)cc3)c3ccccc32)cc1. The van der Waals surface area contributed by atoms with Gasteiger partial charge in [-0.1, -0.05) is 66.2 Å². The Balaban J connectivity index is 1.66. The van der Waals surface area contributed by atoms with Gasteiger partial charge in [0.25, 0.3) is 0 Å². The summed E-state index contributed by atoms with van der Waals surface area (Å²) in [6, 6.07) is 27.9. The molecular weight excluding hydrogens is 773 g/mol. The Kier molecular flexibility index (Phi) is 11.4. The highest BCUT2D eigenvalue weighted by molar-refractivity contribution is 6.44. The van der Waals surface area contributed by atoms with E-state index in [1.165, 1.54) is 50.6 Å². The summed E-state index contributed by atoms with van der Waals surface area (Å²) in [5.41, 5.74) is 4.14. The lowest BCUT2D eigenvalue weighted by atomic mass is 9.97. The molecule has 5 aromatic rings. The van der Waals surface area contributed by atoms with Crippen LogP contribution in [-0.4, -0.2) is 69.1 Å². The number of nitrogens with zero attached hydrogens (tertiary/aromatic N) is 2. The van der Waals surface area contributed by atoms with Crippen LogP contribution in [0.15, 0.2) is 108 Å². The monoisotopic (exact) mass is 804 g/mol. The number of ether oxygens (including phenoxy) is 2. The van der Waals surface area contributed by atoms with Gasteiger partial charge in [0.2, 0.25) is 0 Å². The number of aliphatic imine (C=N–C) groups is 1. The molecule has 17 heteroatoms. The zero-order chi connectivity index (χ0) is 41.3. The summed E-state index contributed by atoms with van der Waals surface area (Å²) >= 11 is 0. The van der Waals surface area contributed by atoms with Crippen molar-refractivity contribution < 1.29 is 62.7 Å². The third kappa shape index (κ3) is 8.59. The fraction of sp³-hybridized carbons (Fsp3) is 0.225. The van der Waals surface area contributed by atoms with Gasteiger partial charge < -0.3 is 23.3 Å². The molecule has 0 fully saturated rings. The fourth-order valence-electron chi connectivity index (χ4n) is 5.94. The number of aryl methyl sites for hydroxylation is 1. The first-order valence-corrected chi connectivity index (χ1v) is 17.0. The fourth-order valence-corrected chi connectivity index (χ4v) is 5.94. The quantitative estimate of drug-likeness (QED) is 0.0879. The average molecular weight is 804 g/mol. The largest absolute Gasteiger partial charge is 0.598 e. The predicted molar refractivity (Wildman–Crippen MR) is 195 cm³/mol. The van der Waals surface area contributed by atoms with Gasteiger partial charge >= 0.3 is 31.5 Å². The molecule has 6 nitrogen and oxygen atoms in total. The van der Waals surface area contributed by atoms with Crippen LogP contribution >= 0.6 is 0 Å². The molecule has 2 heterocycles. The Morgan fingerprint density at radius 3 is 1.56 bits per heavy atom. The summed E-state index contributed by atoms with van der Waals surface area (Å²) in [7, 11) is 0.0462. The van der Waals surface area contributed by atoms with E-state index in [1.807, 2.05) is 31.2 Å². The highest BCUT2D eigenvalue weighted by Gasteiger charge is 2.60. The van der Waals surface area contributed by atoms with E-state index in [0.717, 1.165) is 10.0 Å². The zero-order valence-corrected chi connectivity index (χ0v) is 30.2. The van der Waals surface area contributed by atoms with Crippen LogP contribution in [0.5, 0.6) is 11.5 Å². The smallest absolute Gasteiger partial charge is 0.497 e. The van der Waals surface area contributed by atoms with E-state index in [9.17, 15) is 43.9 Å². The number of halogens is 10. The molecular formula is C40H31BF10N2O4. The van der Waals surface area contributed by atoms with Gasteiger partial charge in [-0.2, -0.15) is 43.9 Å². The summed E-state index contributed by atoms with van der Waals surface area (Å²) in [6.07, 6.45) is -11.0. The first-order chi connectivity index (χ1) is 26.8. The lowest BCUT2D eigenvalue weighted by Gasteiger charge is -2.26. The third-order valence-electron chi connectivity index (χ3n) is 9.01. The number of fused-ring (bicyclic) bond motifs is 1. The number of aromatic nitrogens is 1. The standard InChI is InChI=1S/C40H31BF10N2O4/c1-24-8-10-27(11-9-24)36-31-7-5-4-6-30(31)33(52-36)21-35-32(25-12-16-28(54-2)17-13-25)20-34(26-14-18-29(55-3)19-15-26)53(35)41(56-22-37(42,43)39(46,47)48)57-23-38(44,45)40(49,50)51/h4-21H,22-23H2,1-3H3/b33-21-. The van der Waals surface area contributed by atoms with Crippen LogP contribution in [0.2, 0.25) is 0 Å². The maximum Gasteiger partial charge on any atom is 0.598 e. The molecule has 0 saturated heterocycles. The predicted octanol–water partition coefficient (Wildman–Crippen LogP) is 10.8. The lowest BCUT2D eigenvalue weighted by Crippen LogP contribution is -2.48. The van der Waals surface area contributed by atoms with E-state index >= 15 is 0 Å². The number of hydrogen-bond donors (Lipinski definition) is 0. The molecule has 0 unspecified atom stereocenters. The molecule has 6 rings (SSSR count). The maximum atomic E-state index is 14.4. The molecule has 57 heavy (non-hydrogen) atoms. The average Bonchev–Trinajstić information content (AvgIpc) is 3.73. The Labute approximate surface area is 320 Å². The normalized spacial score (nSPS) is 14.1. The van der Waals surface area contributed by atoms with Crippen molar-refractivity contribution in [1.82, 2.24) is 4.48 Å². The van der Waals surface area contributed by atoms with Crippen molar-refractivity contribution in [1.29, 1.82) is 0 Å². The van der Waals surface area contributed by atoms with Gasteiger partial charge in [0.1, 0.15) is 24.7 Å². The van der Waals surface area contributed by atoms with Crippen LogP contribution in [-0.2, 0) is 9.31 Å². The van der Waals surface area contributed by atoms with Gasteiger partial charge in [0.15, 0.2) is 0 Å². The van der Waals surface area contributed by atoms with Crippen LogP contribution in [0.25, 0.3) is 34.2 Å². The number of methoxy groups -OCH3 is 2. The van der Waals surface area contributed by atoms with E-state index in [2.05, 4.69) is 0 Å². The minimum atomic E-state index is -6.18. The Morgan fingerprint density at radius 2 is 1.07 bits per heavy atom. The molecule has 0 amide bonds. The van der Waals surface area contributed by atoms with E-state index in [0.29, 0.717) is 39.5 Å². The number of rotatable bonds is 13. The Bertz CT molecular complexity index is 2240. The molecule has 0 saturated carbocycles. The third-order valence-corrected chi connectivity index (χ3v) is 9.01. The Morgan fingerprint density at radius 1 is 0.596 bits per heavy atom. The Hall–Kier alpha value is -5.55. The number of alkyl halides is 10. The summed E-state index contributed by atoms with van der Waals surface area (Å²) < 4.78 is 160. The first-order valence-electron chi connectivity index (χ1n) is 17.0. The number of hydrogen-bond acceptors (Lipinski definition) is 5. The lowest BCUT2D eigenvalue weighted by molar-refractivity contribution is -0.295. The maximum absolute atomic E-state index is 14.4. The van der Waals surface area contributed by atoms with Crippen molar-refractivity contribution in [3.63, 3.8) is 0 Å². The molecule has 0 radical (unpaired) electrons. The van der Waals surface area contributed by atoms with Gasteiger partial charge in [0, 0.05) is 33.6 Å². The van der Waals surface area contributed by atoms with Crippen molar-refractivity contribution >= 4 is 24.7 Å². The molecule has 1 aromatic heterocycles. The van der Waals surface area contributed by atoms with Crippen LogP contribution in [0, 0.1) is 6.92 Å². The zero-order valence-electron chi connectivity index (χ0n) is 30.2. The van der Waals surface area contributed by atoms with Crippen LogP contribution in [0.4, 0.5) is 43.9 Å². The molecule has 0 bridgehead atoms. The molecule has 0 atom stereocenters. The second-order valence-electron chi connectivity index (χ2n) is 12.9. The molecule has 1 aliphatic heterocycles. The van der Waals surface area contributed by atoms with Crippen LogP contribution in [0.3, 0.4) is 0 Å². The van der Waals surface area contributed by atoms with E-state index in [4.69, 9.17) is 23.8 Å². The second-order valence-corrected chi connectivity index (χ2v) is 12.9. The van der Waals surface area contributed by atoms with Gasteiger partial charge in [-0.15, -0.1) is 0 Å². The van der Waals surface area contributed by atoms with E-state index in [-0.39, 0.29) is 28.2 Å². The highest BCUT2D eigenvalue weighted by Crippen LogP contribution is 2.42. The van der Waals surface area contributed by atoms with Crippen LogP contribution in [0.1, 0.15) is 27.9 Å². The molecule has 298 valence electrons. The van der Waals surface area contributed by atoms with Gasteiger partial charge in [-0.25, -0.2) is 4.99 Å². The molecule has 0 N–H and O–H groups in total. The summed E-state index contributed by atoms with van der Waals surface area (Å²) in [4.78, 5) is 4.86. The van der Waals surface area contributed by atoms with Crippen molar-refractivity contribution in [2.75, 3.05) is 27.4 Å². The second kappa shape index (κ2) is 15.8. The summed E-state index contributed by atoms with van der Waals surface area (Å²) in [5.74, 6) is -10.4. The van der Waals surface area contributed by atoms with Crippen molar-refractivity contribution in [2.45, 2.75) is 31.1 Å². The molecule has 0 aliphatic carbocycles. The molecule has 1 aliphatic rings. The summed E-state index contributed by atoms with van der Waals surface area (Å²) in [5, 5.41) is 0. The topological polar surface area (TPSA) is 54.2 Å².